The number of amides is 2. The molecule has 1 aromatic rings. The molecule has 2 heterocycles. The molecular weight excluding hydrogens is 382 g/mol. The highest BCUT2D eigenvalue weighted by atomic mass is 16.5. The second kappa shape index (κ2) is 10.3. The molecule has 1 spiro atoms. The van der Waals surface area contributed by atoms with Gasteiger partial charge >= 0.3 is 0 Å². The molecule has 0 radical (unpaired) electrons. The fourth-order valence-corrected chi connectivity index (χ4v) is 4.28. The van der Waals surface area contributed by atoms with Gasteiger partial charge in [0.05, 0.1) is 25.7 Å². The number of fused-ring (bicyclic) bond motifs is 1. The average Bonchev–Trinajstić information content (AvgIpc) is 2.73. The van der Waals surface area contributed by atoms with Gasteiger partial charge in [-0.3, -0.25) is 9.59 Å². The molecule has 0 aliphatic carbocycles. The maximum absolute atomic E-state index is 13.1. The van der Waals surface area contributed by atoms with Gasteiger partial charge in [-0.25, -0.2) is 0 Å². The number of hydrogen-bond donors (Lipinski definition) is 2. The molecule has 3 rings (SSSR count). The van der Waals surface area contributed by atoms with Gasteiger partial charge in [0, 0.05) is 6.54 Å². The molecule has 1 fully saturated rings. The summed E-state index contributed by atoms with van der Waals surface area (Å²) in [6.07, 6.45) is 3.83. The third-order valence-corrected chi connectivity index (χ3v) is 5.85. The summed E-state index contributed by atoms with van der Waals surface area (Å²) in [7, 11) is 0. The maximum atomic E-state index is 13.1. The first kappa shape index (κ1) is 22.6. The molecule has 7 nitrogen and oxygen atoms in total. The van der Waals surface area contributed by atoms with E-state index in [4.69, 9.17) is 15.2 Å². The van der Waals surface area contributed by atoms with Crippen molar-refractivity contribution in [3.63, 3.8) is 0 Å². The van der Waals surface area contributed by atoms with Crippen molar-refractivity contribution in [3.05, 3.63) is 29.8 Å². The van der Waals surface area contributed by atoms with Gasteiger partial charge < -0.3 is 25.4 Å². The first-order valence-corrected chi connectivity index (χ1v) is 11.1. The third-order valence-electron chi connectivity index (χ3n) is 5.85. The van der Waals surface area contributed by atoms with Crippen LogP contribution in [0.3, 0.4) is 0 Å². The largest absolute Gasteiger partial charge is 0.491 e. The van der Waals surface area contributed by atoms with Gasteiger partial charge in [0.25, 0.3) is 5.91 Å². The number of para-hydroxylation sites is 1. The first-order valence-electron chi connectivity index (χ1n) is 11.1. The topological polar surface area (TPSA) is 93.9 Å². The van der Waals surface area contributed by atoms with Crippen molar-refractivity contribution in [2.75, 3.05) is 32.8 Å². The highest BCUT2D eigenvalue weighted by Gasteiger charge is 2.45. The summed E-state index contributed by atoms with van der Waals surface area (Å²) in [4.78, 5) is 27.7. The van der Waals surface area contributed by atoms with Crippen molar-refractivity contribution in [3.8, 4) is 5.75 Å². The van der Waals surface area contributed by atoms with Gasteiger partial charge in [0.1, 0.15) is 12.4 Å². The van der Waals surface area contributed by atoms with E-state index in [1.54, 1.807) is 4.90 Å². The Bertz CT molecular complexity index is 739. The van der Waals surface area contributed by atoms with Crippen LogP contribution in [-0.2, 0) is 20.7 Å². The number of nitrogens with zero attached hydrogens (tertiary/aromatic N) is 1. The normalized spacial score (nSPS) is 24.3. The number of hydrogen-bond acceptors (Lipinski definition) is 5. The monoisotopic (exact) mass is 417 g/mol. The number of carbonyl (C=O) groups is 2. The number of carbonyl (C=O) groups excluding carboxylic acids is 2. The van der Waals surface area contributed by atoms with Crippen molar-refractivity contribution in [2.45, 2.75) is 57.6 Å². The van der Waals surface area contributed by atoms with Crippen LogP contribution < -0.4 is 15.8 Å². The lowest BCUT2D eigenvalue weighted by Crippen LogP contribution is -2.62. The zero-order chi connectivity index (χ0) is 21.6. The van der Waals surface area contributed by atoms with Gasteiger partial charge in [0.2, 0.25) is 5.91 Å². The Hall–Kier alpha value is -2.12. The summed E-state index contributed by atoms with van der Waals surface area (Å²) >= 11 is 0. The molecule has 2 atom stereocenters. The van der Waals surface area contributed by atoms with E-state index < -0.39 is 11.6 Å². The Kier molecular flexibility index (Phi) is 7.72. The second-order valence-corrected chi connectivity index (χ2v) is 8.76. The second-order valence-electron chi connectivity index (χ2n) is 8.76. The van der Waals surface area contributed by atoms with Crippen LogP contribution in [-0.4, -0.2) is 61.2 Å². The number of rotatable bonds is 3. The number of aryl methyl sites for hydroxylation is 1. The molecule has 2 amide bonds. The minimum Gasteiger partial charge on any atom is -0.491 e. The van der Waals surface area contributed by atoms with Gasteiger partial charge in [0.15, 0.2) is 5.60 Å². The standard InChI is InChI=1S/C23H35N3O4/c1-17(2)15-19(24)21(27)26-12-14-30-23(16-26)10-6-5-8-18-7-3-4-9-20(18)29-13-11-25-22(23)28/h3-4,7,9,17,19H,5-6,8,10-16,24H2,1-2H3,(H,25,28)/t19-,23?/m0/s1. The van der Waals surface area contributed by atoms with Crippen molar-refractivity contribution in [1.82, 2.24) is 10.2 Å². The Morgan fingerprint density at radius 1 is 1.27 bits per heavy atom. The summed E-state index contributed by atoms with van der Waals surface area (Å²) < 4.78 is 11.9. The van der Waals surface area contributed by atoms with Crippen LogP contribution >= 0.6 is 0 Å². The van der Waals surface area contributed by atoms with Crippen LogP contribution in [0, 0.1) is 5.92 Å². The lowest BCUT2D eigenvalue weighted by Gasteiger charge is -2.42. The van der Waals surface area contributed by atoms with E-state index in [1.165, 1.54) is 5.56 Å². The number of morpholine rings is 1. The summed E-state index contributed by atoms with van der Waals surface area (Å²) in [6, 6.07) is 7.50. The predicted molar refractivity (Wildman–Crippen MR) is 115 cm³/mol. The highest BCUT2D eigenvalue weighted by molar-refractivity contribution is 5.88. The van der Waals surface area contributed by atoms with Crippen LogP contribution in [0.4, 0.5) is 0 Å². The minimum atomic E-state index is -1.02. The van der Waals surface area contributed by atoms with E-state index in [9.17, 15) is 9.59 Å². The summed E-state index contributed by atoms with van der Waals surface area (Å²) in [5, 5.41) is 2.95. The van der Waals surface area contributed by atoms with Crippen LogP contribution in [0.2, 0.25) is 0 Å². The highest BCUT2D eigenvalue weighted by Crippen LogP contribution is 2.28. The molecule has 166 valence electrons. The van der Waals surface area contributed by atoms with E-state index in [-0.39, 0.29) is 18.4 Å². The Morgan fingerprint density at radius 2 is 2.07 bits per heavy atom. The summed E-state index contributed by atoms with van der Waals surface area (Å²) in [5.74, 6) is 0.954. The average molecular weight is 418 g/mol. The molecule has 2 aliphatic rings. The van der Waals surface area contributed by atoms with E-state index in [1.807, 2.05) is 18.2 Å². The van der Waals surface area contributed by atoms with Gasteiger partial charge in [-0.15, -0.1) is 0 Å². The lowest BCUT2D eigenvalue weighted by atomic mass is 9.91. The Balaban J connectivity index is 1.71. The molecule has 3 N–H and O–H groups in total. The van der Waals surface area contributed by atoms with Gasteiger partial charge in [-0.05, 0) is 49.7 Å². The van der Waals surface area contributed by atoms with Crippen molar-refractivity contribution >= 4 is 11.8 Å². The molecule has 1 saturated heterocycles. The number of benzene rings is 1. The van der Waals surface area contributed by atoms with Crippen LogP contribution in [0.25, 0.3) is 0 Å². The predicted octanol–water partition coefficient (Wildman–Crippen LogP) is 1.88. The molecule has 7 heteroatoms. The zero-order valence-corrected chi connectivity index (χ0v) is 18.2. The van der Waals surface area contributed by atoms with E-state index in [0.29, 0.717) is 45.1 Å². The van der Waals surface area contributed by atoms with Gasteiger partial charge in [-0.2, -0.15) is 0 Å². The van der Waals surface area contributed by atoms with Crippen LogP contribution in [0.5, 0.6) is 5.75 Å². The maximum Gasteiger partial charge on any atom is 0.254 e. The number of nitrogens with two attached hydrogens (primary N) is 1. The minimum absolute atomic E-state index is 0.0949. The molecule has 30 heavy (non-hydrogen) atoms. The van der Waals surface area contributed by atoms with Crippen molar-refractivity contribution in [1.29, 1.82) is 0 Å². The molecule has 1 unspecified atom stereocenters. The fourth-order valence-electron chi connectivity index (χ4n) is 4.28. The Labute approximate surface area is 179 Å². The van der Waals surface area contributed by atoms with E-state index in [2.05, 4.69) is 25.2 Å². The SMILES string of the molecule is CC(C)C[C@H](N)C(=O)N1CCOC2(CCCCc3ccccc3OCCNC2=O)C1. The third kappa shape index (κ3) is 5.52. The molecule has 0 aromatic heterocycles. The van der Waals surface area contributed by atoms with Crippen molar-refractivity contribution < 1.29 is 19.1 Å². The fraction of sp³-hybridized carbons (Fsp3) is 0.652. The summed E-state index contributed by atoms with van der Waals surface area (Å²) in [6.45, 7) is 5.94. The Morgan fingerprint density at radius 3 is 2.87 bits per heavy atom. The molecule has 2 aliphatic heterocycles. The molecular formula is C23H35N3O4. The lowest BCUT2D eigenvalue weighted by molar-refractivity contribution is -0.168. The number of ether oxygens (including phenoxy) is 2. The van der Waals surface area contributed by atoms with Crippen molar-refractivity contribution in [2.24, 2.45) is 11.7 Å². The molecule has 1 aromatic carbocycles. The smallest absolute Gasteiger partial charge is 0.254 e. The van der Waals surface area contributed by atoms with Crippen LogP contribution in [0.15, 0.2) is 24.3 Å². The van der Waals surface area contributed by atoms with E-state index in [0.717, 1.165) is 25.0 Å². The van der Waals surface area contributed by atoms with Gasteiger partial charge in [-0.1, -0.05) is 32.0 Å². The molecule has 0 saturated carbocycles. The number of nitrogens with one attached hydrogen (secondary N) is 1. The van der Waals surface area contributed by atoms with Crippen LogP contribution in [0.1, 0.15) is 45.1 Å². The quantitative estimate of drug-likeness (QED) is 0.783. The van der Waals surface area contributed by atoms with E-state index >= 15 is 0 Å². The zero-order valence-electron chi connectivity index (χ0n) is 18.2. The summed E-state index contributed by atoms with van der Waals surface area (Å²) in [5.41, 5.74) is 6.29. The first-order chi connectivity index (χ1) is 14.4. The molecule has 0 bridgehead atoms.